The summed E-state index contributed by atoms with van der Waals surface area (Å²) in [6.07, 6.45) is -0.395. The Balaban J connectivity index is 2.62. The third-order valence-corrected chi connectivity index (χ3v) is 2.67. The number of benzene rings is 1. The van der Waals surface area contributed by atoms with Crippen molar-refractivity contribution in [2.45, 2.75) is 25.4 Å². The highest BCUT2D eigenvalue weighted by Gasteiger charge is 2.19. The number of carboxylic acid groups (broad SMARTS) is 1. The first-order chi connectivity index (χ1) is 8.40. The predicted octanol–water partition coefficient (Wildman–Crippen LogP) is 1.32. The van der Waals surface area contributed by atoms with Crippen LogP contribution in [0.25, 0.3) is 0 Å². The molecule has 0 heterocycles. The molecule has 1 aromatic carbocycles. The van der Waals surface area contributed by atoms with E-state index < -0.39 is 24.3 Å². The van der Waals surface area contributed by atoms with Crippen molar-refractivity contribution in [3.05, 3.63) is 34.9 Å². The summed E-state index contributed by atoms with van der Waals surface area (Å²) in [6.45, 7) is 1.77. The van der Waals surface area contributed by atoms with Crippen molar-refractivity contribution in [3.8, 4) is 0 Å². The van der Waals surface area contributed by atoms with E-state index in [2.05, 4.69) is 5.32 Å². The molecule has 1 aromatic rings. The monoisotopic (exact) mass is 270 g/mol. The van der Waals surface area contributed by atoms with Crippen molar-refractivity contribution in [3.63, 3.8) is 0 Å². The Bertz CT molecular complexity index is 451. The first-order valence-corrected chi connectivity index (χ1v) is 5.81. The molecule has 0 aliphatic carbocycles. The minimum absolute atomic E-state index is 0.281. The second kappa shape index (κ2) is 6.37. The molecule has 0 spiro atoms. The van der Waals surface area contributed by atoms with Crippen LogP contribution < -0.4 is 11.1 Å². The van der Waals surface area contributed by atoms with Gasteiger partial charge in [0, 0.05) is 5.02 Å². The lowest BCUT2D eigenvalue weighted by atomic mass is 10.1. The van der Waals surface area contributed by atoms with Gasteiger partial charge in [0.15, 0.2) is 0 Å². The summed E-state index contributed by atoms with van der Waals surface area (Å²) in [5, 5.41) is 11.8. The van der Waals surface area contributed by atoms with E-state index in [9.17, 15) is 9.59 Å². The highest BCUT2D eigenvalue weighted by atomic mass is 35.5. The van der Waals surface area contributed by atoms with Gasteiger partial charge in [-0.05, 0) is 24.6 Å². The first-order valence-electron chi connectivity index (χ1n) is 5.43. The highest BCUT2D eigenvalue weighted by Crippen LogP contribution is 2.17. The smallest absolute Gasteiger partial charge is 0.305 e. The van der Waals surface area contributed by atoms with Crippen LogP contribution >= 0.6 is 11.6 Å². The van der Waals surface area contributed by atoms with Crippen LogP contribution in [-0.2, 0) is 9.59 Å². The standard InChI is InChI=1S/C12H15ClN2O3/c1-7(8-3-2-4-9(13)5-8)15-12(18)10(14)6-11(16)17/h2-5,7,10H,6,14H2,1H3,(H,15,18)(H,16,17)/t7-,10?/m1/s1. The van der Waals surface area contributed by atoms with E-state index in [1.807, 2.05) is 6.07 Å². The molecule has 1 rings (SSSR count). The van der Waals surface area contributed by atoms with Crippen molar-refractivity contribution in [2.24, 2.45) is 5.73 Å². The highest BCUT2D eigenvalue weighted by molar-refractivity contribution is 6.30. The number of carboxylic acids is 1. The van der Waals surface area contributed by atoms with Crippen molar-refractivity contribution in [2.75, 3.05) is 0 Å². The van der Waals surface area contributed by atoms with E-state index in [-0.39, 0.29) is 6.04 Å². The lowest BCUT2D eigenvalue weighted by molar-refractivity contribution is -0.139. The summed E-state index contributed by atoms with van der Waals surface area (Å²) in [5.74, 6) is -1.60. The quantitative estimate of drug-likeness (QED) is 0.752. The van der Waals surface area contributed by atoms with Crippen molar-refractivity contribution >= 4 is 23.5 Å². The number of nitrogens with two attached hydrogens (primary N) is 1. The largest absolute Gasteiger partial charge is 0.481 e. The van der Waals surface area contributed by atoms with Crippen LogP contribution in [0.3, 0.4) is 0 Å². The Morgan fingerprint density at radius 1 is 1.50 bits per heavy atom. The van der Waals surface area contributed by atoms with Gasteiger partial charge in [-0.2, -0.15) is 0 Å². The number of halogens is 1. The third kappa shape index (κ3) is 4.35. The lowest BCUT2D eigenvalue weighted by Crippen LogP contribution is -2.42. The molecule has 2 atom stereocenters. The van der Waals surface area contributed by atoms with E-state index in [1.165, 1.54) is 0 Å². The number of hydrogen-bond donors (Lipinski definition) is 3. The molecule has 0 aliphatic heterocycles. The second-order valence-electron chi connectivity index (χ2n) is 3.99. The molecule has 1 amide bonds. The number of carbonyl (C=O) groups is 2. The molecule has 18 heavy (non-hydrogen) atoms. The molecule has 1 unspecified atom stereocenters. The predicted molar refractivity (Wildman–Crippen MR) is 68.2 cm³/mol. The van der Waals surface area contributed by atoms with E-state index >= 15 is 0 Å². The average Bonchev–Trinajstić information content (AvgIpc) is 2.27. The van der Waals surface area contributed by atoms with E-state index in [0.29, 0.717) is 5.02 Å². The summed E-state index contributed by atoms with van der Waals surface area (Å²) in [6, 6.07) is 5.72. The van der Waals surface area contributed by atoms with Gasteiger partial charge in [0.25, 0.3) is 0 Å². The Hall–Kier alpha value is -1.59. The van der Waals surface area contributed by atoms with Crippen LogP contribution in [0, 0.1) is 0 Å². The normalized spacial score (nSPS) is 13.7. The fourth-order valence-electron chi connectivity index (χ4n) is 1.46. The van der Waals surface area contributed by atoms with E-state index in [1.54, 1.807) is 25.1 Å². The molecule has 0 aliphatic rings. The molecule has 6 heteroatoms. The number of nitrogens with one attached hydrogen (secondary N) is 1. The zero-order chi connectivity index (χ0) is 13.7. The summed E-state index contributed by atoms with van der Waals surface area (Å²) in [7, 11) is 0. The fourth-order valence-corrected chi connectivity index (χ4v) is 1.66. The maximum absolute atomic E-state index is 11.6. The van der Waals surface area contributed by atoms with Crippen molar-refractivity contribution in [1.29, 1.82) is 0 Å². The second-order valence-corrected chi connectivity index (χ2v) is 4.43. The number of carbonyl (C=O) groups excluding carboxylic acids is 1. The van der Waals surface area contributed by atoms with Crippen LogP contribution in [0.4, 0.5) is 0 Å². The Morgan fingerprint density at radius 3 is 2.72 bits per heavy atom. The van der Waals surface area contributed by atoms with Gasteiger partial charge in [-0.15, -0.1) is 0 Å². The van der Waals surface area contributed by atoms with Gasteiger partial charge in [0.2, 0.25) is 5.91 Å². The molecular formula is C12H15ClN2O3. The maximum atomic E-state index is 11.6. The van der Waals surface area contributed by atoms with Gasteiger partial charge in [0.1, 0.15) is 0 Å². The summed E-state index contributed by atoms with van der Waals surface area (Å²) >= 11 is 5.84. The number of rotatable bonds is 5. The topological polar surface area (TPSA) is 92.4 Å². The Labute approximate surface area is 110 Å². The minimum atomic E-state index is -1.10. The van der Waals surface area contributed by atoms with Gasteiger partial charge >= 0.3 is 5.97 Å². The van der Waals surface area contributed by atoms with Crippen LogP contribution in [0.5, 0.6) is 0 Å². The molecule has 0 radical (unpaired) electrons. The summed E-state index contributed by atoms with van der Waals surface area (Å²) in [4.78, 5) is 22.1. The zero-order valence-corrected chi connectivity index (χ0v) is 10.6. The molecule has 0 bridgehead atoms. The zero-order valence-electron chi connectivity index (χ0n) is 9.89. The molecule has 5 nitrogen and oxygen atoms in total. The fraction of sp³-hybridized carbons (Fsp3) is 0.333. The summed E-state index contributed by atoms with van der Waals surface area (Å²) in [5.41, 5.74) is 6.29. The van der Waals surface area contributed by atoms with Gasteiger partial charge in [0.05, 0.1) is 18.5 Å². The van der Waals surface area contributed by atoms with Gasteiger partial charge in [-0.1, -0.05) is 23.7 Å². The molecular weight excluding hydrogens is 256 g/mol. The number of amides is 1. The van der Waals surface area contributed by atoms with Crippen LogP contribution in [0.1, 0.15) is 24.9 Å². The molecule has 0 saturated carbocycles. The van der Waals surface area contributed by atoms with Crippen molar-refractivity contribution < 1.29 is 14.7 Å². The average molecular weight is 271 g/mol. The van der Waals surface area contributed by atoms with Crippen LogP contribution in [0.2, 0.25) is 5.02 Å². The number of aliphatic carboxylic acids is 1. The number of hydrogen-bond acceptors (Lipinski definition) is 3. The summed E-state index contributed by atoms with van der Waals surface area (Å²) < 4.78 is 0. The molecule has 0 saturated heterocycles. The molecule has 4 N–H and O–H groups in total. The van der Waals surface area contributed by atoms with E-state index in [4.69, 9.17) is 22.4 Å². The first kappa shape index (κ1) is 14.5. The van der Waals surface area contributed by atoms with Gasteiger partial charge in [-0.3, -0.25) is 9.59 Å². The van der Waals surface area contributed by atoms with Crippen LogP contribution in [-0.4, -0.2) is 23.0 Å². The minimum Gasteiger partial charge on any atom is -0.481 e. The molecule has 0 aromatic heterocycles. The third-order valence-electron chi connectivity index (χ3n) is 2.44. The van der Waals surface area contributed by atoms with Crippen molar-refractivity contribution in [1.82, 2.24) is 5.32 Å². The molecule has 98 valence electrons. The molecule has 0 fully saturated rings. The van der Waals surface area contributed by atoms with E-state index in [0.717, 1.165) is 5.56 Å². The van der Waals surface area contributed by atoms with Gasteiger partial charge < -0.3 is 16.2 Å². The SMILES string of the molecule is C[C@@H](NC(=O)C(N)CC(=O)O)c1cccc(Cl)c1. The van der Waals surface area contributed by atoms with Crippen LogP contribution in [0.15, 0.2) is 24.3 Å². The lowest BCUT2D eigenvalue weighted by Gasteiger charge is -2.17. The Kier molecular flexibility index (Phi) is 5.12. The maximum Gasteiger partial charge on any atom is 0.305 e. The van der Waals surface area contributed by atoms with Gasteiger partial charge in [-0.25, -0.2) is 0 Å². The Morgan fingerprint density at radius 2 is 2.17 bits per heavy atom.